The van der Waals surface area contributed by atoms with Gasteiger partial charge in [0.25, 0.3) is 11.8 Å². The molecule has 26 heavy (non-hydrogen) atoms. The zero-order valence-corrected chi connectivity index (χ0v) is 12.9. The lowest BCUT2D eigenvalue weighted by Gasteiger charge is -2.09. The zero-order chi connectivity index (χ0) is 19.7. The number of benzene rings is 1. The first-order valence-corrected chi connectivity index (χ1v) is 6.89. The van der Waals surface area contributed by atoms with Crippen molar-refractivity contribution in [1.82, 2.24) is 10.6 Å². The fourth-order valence-corrected chi connectivity index (χ4v) is 1.51. The summed E-state index contributed by atoms with van der Waals surface area (Å²) in [4.78, 5) is 34.1. The lowest BCUT2D eigenvalue weighted by atomic mass is 10.2. The number of hydrogen-bond acceptors (Lipinski definition) is 5. The Morgan fingerprint density at radius 2 is 1.81 bits per heavy atom. The van der Waals surface area contributed by atoms with Crippen LogP contribution in [0.2, 0.25) is 0 Å². The van der Waals surface area contributed by atoms with Gasteiger partial charge in [-0.25, -0.2) is 0 Å². The molecule has 0 aliphatic rings. The highest BCUT2D eigenvalue weighted by molar-refractivity contribution is 5.96. The monoisotopic (exact) mass is 384 g/mol. The summed E-state index contributed by atoms with van der Waals surface area (Å²) in [5, 5.41) is 3.58. The summed E-state index contributed by atoms with van der Waals surface area (Å²) >= 11 is 0. The zero-order valence-electron chi connectivity index (χ0n) is 12.9. The van der Waals surface area contributed by atoms with E-state index >= 15 is 0 Å². The SMILES string of the molecule is O=C(COC(=O)CNC(=O)c1cccc(OC(F)F)c1)NCC(F)(F)F. The van der Waals surface area contributed by atoms with E-state index in [0.717, 1.165) is 6.07 Å². The highest BCUT2D eigenvalue weighted by Gasteiger charge is 2.27. The number of hydrogen-bond donors (Lipinski definition) is 2. The third-order valence-electron chi connectivity index (χ3n) is 2.56. The summed E-state index contributed by atoms with van der Waals surface area (Å²) in [6, 6.07) is 4.74. The molecular formula is C14H13F5N2O5. The van der Waals surface area contributed by atoms with Crippen LogP contribution < -0.4 is 15.4 Å². The standard InChI is InChI=1S/C14H13F5N2O5/c15-13(16)26-9-3-1-2-8(4-9)12(24)20-5-11(23)25-6-10(22)21-7-14(17,18)19/h1-4,13H,5-7H2,(H,20,24)(H,21,22). The largest absolute Gasteiger partial charge is 0.454 e. The number of carbonyl (C=O) groups excluding carboxylic acids is 3. The number of amides is 2. The number of alkyl halides is 5. The average molecular weight is 384 g/mol. The maximum absolute atomic E-state index is 12.1. The fourth-order valence-electron chi connectivity index (χ4n) is 1.51. The first-order valence-electron chi connectivity index (χ1n) is 6.89. The lowest BCUT2D eigenvalue weighted by Crippen LogP contribution is -2.37. The Bertz CT molecular complexity index is 651. The average Bonchev–Trinajstić information content (AvgIpc) is 2.55. The van der Waals surface area contributed by atoms with E-state index in [1.165, 1.54) is 23.5 Å². The lowest BCUT2D eigenvalue weighted by molar-refractivity contribution is -0.150. The highest BCUT2D eigenvalue weighted by atomic mass is 19.4. The van der Waals surface area contributed by atoms with Crippen LogP contribution in [-0.2, 0) is 14.3 Å². The number of carbonyl (C=O) groups is 3. The van der Waals surface area contributed by atoms with Gasteiger partial charge in [0.05, 0.1) is 0 Å². The van der Waals surface area contributed by atoms with E-state index in [0.29, 0.717) is 0 Å². The minimum atomic E-state index is -4.60. The van der Waals surface area contributed by atoms with Gasteiger partial charge in [-0.05, 0) is 18.2 Å². The molecule has 0 fully saturated rings. The first-order chi connectivity index (χ1) is 12.1. The molecule has 0 aliphatic carbocycles. The molecule has 1 rings (SSSR count). The Hall–Kier alpha value is -2.92. The van der Waals surface area contributed by atoms with Crippen molar-refractivity contribution >= 4 is 17.8 Å². The Balaban J connectivity index is 2.38. The van der Waals surface area contributed by atoms with Crippen LogP contribution in [0.1, 0.15) is 10.4 Å². The molecule has 0 radical (unpaired) electrons. The van der Waals surface area contributed by atoms with Crippen LogP contribution in [0.15, 0.2) is 24.3 Å². The van der Waals surface area contributed by atoms with E-state index in [9.17, 15) is 36.3 Å². The van der Waals surface area contributed by atoms with Gasteiger partial charge >= 0.3 is 18.8 Å². The highest BCUT2D eigenvalue weighted by Crippen LogP contribution is 2.15. The van der Waals surface area contributed by atoms with Gasteiger partial charge in [0.1, 0.15) is 18.8 Å². The molecule has 0 saturated heterocycles. The molecule has 2 N–H and O–H groups in total. The Morgan fingerprint density at radius 1 is 1.12 bits per heavy atom. The second-order valence-corrected chi connectivity index (χ2v) is 4.64. The predicted molar refractivity (Wildman–Crippen MR) is 75.4 cm³/mol. The maximum atomic E-state index is 12.1. The summed E-state index contributed by atoms with van der Waals surface area (Å²) in [6.07, 6.45) is -4.60. The minimum Gasteiger partial charge on any atom is -0.454 e. The third kappa shape index (κ3) is 8.80. The summed E-state index contributed by atoms with van der Waals surface area (Å²) in [5.41, 5.74) is -0.0844. The molecule has 0 unspecified atom stereocenters. The first kappa shape index (κ1) is 21.1. The molecular weight excluding hydrogens is 371 g/mol. The molecule has 144 valence electrons. The number of halogens is 5. The summed E-state index contributed by atoms with van der Waals surface area (Å²) in [5.74, 6) is -3.33. The van der Waals surface area contributed by atoms with Gasteiger partial charge in [-0.2, -0.15) is 22.0 Å². The predicted octanol–water partition coefficient (Wildman–Crippen LogP) is 1.24. The second kappa shape index (κ2) is 9.53. The van der Waals surface area contributed by atoms with Crippen LogP contribution in [0.4, 0.5) is 22.0 Å². The molecule has 1 aromatic rings. The molecule has 0 atom stereocenters. The van der Waals surface area contributed by atoms with Gasteiger partial charge in [0.15, 0.2) is 6.61 Å². The van der Waals surface area contributed by atoms with Crippen molar-refractivity contribution in [2.24, 2.45) is 0 Å². The van der Waals surface area contributed by atoms with E-state index in [-0.39, 0.29) is 11.3 Å². The molecule has 1 aromatic carbocycles. The van der Waals surface area contributed by atoms with E-state index in [4.69, 9.17) is 0 Å². The van der Waals surface area contributed by atoms with Crippen molar-refractivity contribution in [2.45, 2.75) is 12.8 Å². The molecule has 0 spiro atoms. The van der Waals surface area contributed by atoms with Gasteiger partial charge in [-0.15, -0.1) is 0 Å². The van der Waals surface area contributed by atoms with Gasteiger partial charge in [-0.1, -0.05) is 6.07 Å². The van der Waals surface area contributed by atoms with Gasteiger partial charge in [0.2, 0.25) is 0 Å². The van der Waals surface area contributed by atoms with Crippen LogP contribution in [0.5, 0.6) is 5.75 Å². The van der Waals surface area contributed by atoms with Crippen LogP contribution in [0.3, 0.4) is 0 Å². The van der Waals surface area contributed by atoms with E-state index in [1.54, 1.807) is 0 Å². The van der Waals surface area contributed by atoms with Crippen molar-refractivity contribution in [2.75, 3.05) is 19.7 Å². The van der Waals surface area contributed by atoms with Crippen molar-refractivity contribution in [3.63, 3.8) is 0 Å². The van der Waals surface area contributed by atoms with Gasteiger partial charge in [0, 0.05) is 5.56 Å². The smallest absolute Gasteiger partial charge is 0.405 e. The van der Waals surface area contributed by atoms with Gasteiger partial charge < -0.3 is 20.1 Å². The number of esters is 1. The molecule has 0 heterocycles. The van der Waals surface area contributed by atoms with Crippen molar-refractivity contribution < 1.29 is 45.8 Å². The minimum absolute atomic E-state index is 0.0844. The topological polar surface area (TPSA) is 93.7 Å². The van der Waals surface area contributed by atoms with Crippen molar-refractivity contribution in [3.05, 3.63) is 29.8 Å². The number of nitrogens with one attached hydrogen (secondary N) is 2. The summed E-state index contributed by atoms with van der Waals surface area (Å²) in [7, 11) is 0. The molecule has 7 nitrogen and oxygen atoms in total. The molecule has 12 heteroatoms. The van der Waals surface area contributed by atoms with Crippen LogP contribution >= 0.6 is 0 Å². The molecule has 0 aromatic heterocycles. The molecule has 0 aliphatic heterocycles. The van der Waals surface area contributed by atoms with Crippen LogP contribution in [0, 0.1) is 0 Å². The summed E-state index contributed by atoms with van der Waals surface area (Å²) in [6.45, 7) is -6.29. The Labute approximate surface area is 143 Å². The second-order valence-electron chi connectivity index (χ2n) is 4.64. The molecule has 0 saturated carbocycles. The van der Waals surface area contributed by atoms with Crippen molar-refractivity contribution in [3.8, 4) is 5.75 Å². The Kier molecular flexibility index (Phi) is 7.75. The number of rotatable bonds is 8. The van der Waals surface area contributed by atoms with Gasteiger partial charge in [-0.3, -0.25) is 14.4 Å². The van der Waals surface area contributed by atoms with E-state index in [2.05, 4.69) is 14.8 Å². The third-order valence-corrected chi connectivity index (χ3v) is 2.56. The van der Waals surface area contributed by atoms with Crippen LogP contribution in [0.25, 0.3) is 0 Å². The molecule has 0 bridgehead atoms. The molecule has 2 amide bonds. The quantitative estimate of drug-likeness (QED) is 0.520. The van der Waals surface area contributed by atoms with E-state index in [1.807, 2.05) is 0 Å². The van der Waals surface area contributed by atoms with E-state index < -0.39 is 50.3 Å². The maximum Gasteiger partial charge on any atom is 0.405 e. The normalized spacial score (nSPS) is 11.0. The van der Waals surface area contributed by atoms with Crippen LogP contribution in [-0.4, -0.2) is 50.3 Å². The number of ether oxygens (including phenoxy) is 2. The van der Waals surface area contributed by atoms with Crippen molar-refractivity contribution in [1.29, 1.82) is 0 Å². The Morgan fingerprint density at radius 3 is 2.42 bits per heavy atom. The summed E-state index contributed by atoms with van der Waals surface area (Å²) < 4.78 is 68.3. The fraction of sp³-hybridized carbons (Fsp3) is 0.357.